The van der Waals surface area contributed by atoms with Gasteiger partial charge in [-0.2, -0.15) is 0 Å². The van der Waals surface area contributed by atoms with E-state index in [4.69, 9.17) is 0 Å². The van der Waals surface area contributed by atoms with Crippen LogP contribution in [0.3, 0.4) is 0 Å². The first kappa shape index (κ1) is 11.6. The zero-order valence-corrected chi connectivity index (χ0v) is 11.0. The molecule has 2 N–H and O–H groups in total. The lowest BCUT2D eigenvalue weighted by Gasteiger charge is -1.98. The maximum atomic E-state index is 12.0. The van der Waals surface area contributed by atoms with Crippen molar-refractivity contribution in [1.82, 2.24) is 15.0 Å². The average Bonchev–Trinajstić information content (AvgIpc) is 2.84. The van der Waals surface area contributed by atoms with E-state index in [1.807, 2.05) is 26.1 Å². The molecule has 0 aliphatic carbocycles. The zero-order chi connectivity index (χ0) is 13.6. The summed E-state index contributed by atoms with van der Waals surface area (Å²) < 4.78 is 0. The van der Waals surface area contributed by atoms with E-state index in [1.54, 1.807) is 13.1 Å². The monoisotopic (exact) mass is 254 g/mol. The number of fused-ring (bicyclic) bond motifs is 1. The smallest absolute Gasteiger partial charge is 0.257 e. The minimum Gasteiger partial charge on any atom is -0.361 e. The van der Waals surface area contributed by atoms with Gasteiger partial charge in [-0.05, 0) is 38.0 Å². The highest BCUT2D eigenvalue weighted by Crippen LogP contribution is 2.31. The number of aromatic nitrogens is 3. The van der Waals surface area contributed by atoms with Crippen LogP contribution in [0.15, 0.2) is 12.4 Å². The van der Waals surface area contributed by atoms with Crippen LogP contribution in [0, 0.1) is 20.8 Å². The lowest BCUT2D eigenvalue weighted by molar-refractivity contribution is -0.110. The van der Waals surface area contributed by atoms with Crippen molar-refractivity contribution >= 4 is 23.4 Å². The van der Waals surface area contributed by atoms with Gasteiger partial charge in [0.05, 0.1) is 5.57 Å². The van der Waals surface area contributed by atoms with Crippen LogP contribution in [0.4, 0.5) is 5.82 Å². The lowest BCUT2D eigenvalue weighted by atomic mass is 10.1. The van der Waals surface area contributed by atoms with Crippen molar-refractivity contribution in [2.24, 2.45) is 0 Å². The summed E-state index contributed by atoms with van der Waals surface area (Å²) in [5, 5.41) is 2.76. The second-order valence-corrected chi connectivity index (χ2v) is 4.70. The molecule has 0 atom stereocenters. The summed E-state index contributed by atoms with van der Waals surface area (Å²) in [6, 6.07) is 0. The van der Waals surface area contributed by atoms with Gasteiger partial charge in [0.15, 0.2) is 0 Å². The van der Waals surface area contributed by atoms with Gasteiger partial charge in [0.2, 0.25) is 0 Å². The van der Waals surface area contributed by atoms with Crippen molar-refractivity contribution < 1.29 is 4.79 Å². The van der Waals surface area contributed by atoms with Crippen LogP contribution in [-0.4, -0.2) is 20.9 Å². The summed E-state index contributed by atoms with van der Waals surface area (Å²) in [7, 11) is 0. The fourth-order valence-corrected chi connectivity index (χ4v) is 2.11. The average molecular weight is 254 g/mol. The molecule has 2 aromatic heterocycles. The molecule has 1 aliphatic rings. The van der Waals surface area contributed by atoms with Gasteiger partial charge >= 0.3 is 0 Å². The minimum atomic E-state index is -0.137. The number of carbonyl (C=O) groups excluding carboxylic acids is 1. The van der Waals surface area contributed by atoms with Gasteiger partial charge in [-0.15, -0.1) is 0 Å². The van der Waals surface area contributed by atoms with Crippen LogP contribution in [0.2, 0.25) is 0 Å². The van der Waals surface area contributed by atoms with Crippen LogP contribution < -0.4 is 5.32 Å². The predicted octanol–water partition coefficient (Wildman–Crippen LogP) is 2.22. The summed E-state index contributed by atoms with van der Waals surface area (Å²) in [6.45, 7) is 5.85. The number of nitrogens with one attached hydrogen (secondary N) is 2. The molecular weight excluding hydrogens is 240 g/mol. The fraction of sp³-hybridized carbons (Fsp3) is 0.214. The van der Waals surface area contributed by atoms with Gasteiger partial charge in [0.25, 0.3) is 5.91 Å². The van der Waals surface area contributed by atoms with Crippen LogP contribution in [-0.2, 0) is 4.79 Å². The molecular formula is C14H14N4O. The first-order valence-electron chi connectivity index (χ1n) is 6.08. The second kappa shape index (κ2) is 4.05. The Labute approximate surface area is 110 Å². The highest BCUT2D eigenvalue weighted by Gasteiger charge is 2.26. The topological polar surface area (TPSA) is 70.7 Å². The van der Waals surface area contributed by atoms with E-state index in [1.165, 1.54) is 5.56 Å². The van der Waals surface area contributed by atoms with Crippen molar-refractivity contribution in [3.63, 3.8) is 0 Å². The molecule has 0 radical (unpaired) electrons. The molecule has 2 aromatic rings. The van der Waals surface area contributed by atoms with E-state index in [2.05, 4.69) is 20.3 Å². The second-order valence-electron chi connectivity index (χ2n) is 4.70. The quantitative estimate of drug-likeness (QED) is 0.766. The van der Waals surface area contributed by atoms with Gasteiger partial charge in [0, 0.05) is 23.7 Å². The number of hydrogen-bond acceptors (Lipinski definition) is 3. The molecule has 1 amide bonds. The van der Waals surface area contributed by atoms with Gasteiger partial charge in [-0.25, -0.2) is 9.97 Å². The van der Waals surface area contributed by atoms with E-state index in [-0.39, 0.29) is 5.91 Å². The Morgan fingerprint density at radius 1 is 1.26 bits per heavy atom. The van der Waals surface area contributed by atoms with Crippen molar-refractivity contribution in [1.29, 1.82) is 0 Å². The van der Waals surface area contributed by atoms with Crippen LogP contribution >= 0.6 is 0 Å². The number of nitrogens with zero attached hydrogens (tertiary/aromatic N) is 2. The van der Waals surface area contributed by atoms with E-state index in [0.717, 1.165) is 16.8 Å². The molecule has 0 saturated heterocycles. The van der Waals surface area contributed by atoms with Crippen molar-refractivity contribution in [3.05, 3.63) is 40.6 Å². The third kappa shape index (κ3) is 1.83. The molecule has 5 nitrogen and oxygen atoms in total. The van der Waals surface area contributed by atoms with Gasteiger partial charge in [-0.1, -0.05) is 0 Å². The van der Waals surface area contributed by atoms with E-state index in [9.17, 15) is 4.79 Å². The number of carbonyl (C=O) groups is 1. The number of amides is 1. The molecule has 19 heavy (non-hydrogen) atoms. The lowest BCUT2D eigenvalue weighted by Crippen LogP contribution is -2.04. The maximum absolute atomic E-state index is 12.0. The Hall–Kier alpha value is -2.43. The molecule has 0 unspecified atom stereocenters. The molecule has 0 bridgehead atoms. The van der Waals surface area contributed by atoms with E-state index < -0.39 is 0 Å². The summed E-state index contributed by atoms with van der Waals surface area (Å²) in [4.78, 5) is 23.5. The molecule has 0 fully saturated rings. The van der Waals surface area contributed by atoms with Crippen LogP contribution in [0.1, 0.15) is 28.2 Å². The Bertz CT molecular complexity index is 712. The molecule has 0 saturated carbocycles. The third-order valence-corrected chi connectivity index (χ3v) is 3.40. The molecule has 96 valence electrons. The molecule has 3 heterocycles. The van der Waals surface area contributed by atoms with E-state index in [0.29, 0.717) is 17.2 Å². The summed E-state index contributed by atoms with van der Waals surface area (Å²) in [5.74, 6) is 1.10. The van der Waals surface area contributed by atoms with Crippen molar-refractivity contribution in [2.45, 2.75) is 20.8 Å². The number of aryl methyl sites for hydroxylation is 2. The molecule has 0 aromatic carbocycles. The Morgan fingerprint density at radius 3 is 2.74 bits per heavy atom. The highest BCUT2D eigenvalue weighted by atomic mass is 16.2. The van der Waals surface area contributed by atoms with Crippen LogP contribution in [0.25, 0.3) is 11.6 Å². The number of H-pyrrole nitrogens is 1. The standard InChI is InChI=1S/C14H14N4O/c1-7-5-16-12(8(7)2)4-10-11-6-15-9(3)17-13(11)18-14(10)19/h4-6,16H,1-3H3,(H,15,17,18,19). The molecule has 0 spiro atoms. The number of aromatic amines is 1. The third-order valence-electron chi connectivity index (χ3n) is 3.40. The van der Waals surface area contributed by atoms with Crippen molar-refractivity contribution in [3.8, 4) is 0 Å². The first-order valence-corrected chi connectivity index (χ1v) is 6.08. The van der Waals surface area contributed by atoms with Gasteiger partial charge < -0.3 is 10.3 Å². The normalized spacial score (nSPS) is 15.7. The Balaban J connectivity index is 2.12. The largest absolute Gasteiger partial charge is 0.361 e. The first-order chi connectivity index (χ1) is 9.06. The predicted molar refractivity (Wildman–Crippen MR) is 73.5 cm³/mol. The molecule has 3 rings (SSSR count). The summed E-state index contributed by atoms with van der Waals surface area (Å²) in [5.41, 5.74) is 4.60. The van der Waals surface area contributed by atoms with Gasteiger partial charge in [0.1, 0.15) is 11.6 Å². The number of anilines is 1. The minimum absolute atomic E-state index is 0.137. The summed E-state index contributed by atoms with van der Waals surface area (Å²) in [6.07, 6.45) is 5.47. The van der Waals surface area contributed by atoms with Crippen LogP contribution in [0.5, 0.6) is 0 Å². The van der Waals surface area contributed by atoms with Crippen molar-refractivity contribution in [2.75, 3.05) is 5.32 Å². The van der Waals surface area contributed by atoms with Gasteiger partial charge in [-0.3, -0.25) is 4.79 Å². The Kier molecular flexibility index (Phi) is 2.48. The van der Waals surface area contributed by atoms with E-state index >= 15 is 0 Å². The maximum Gasteiger partial charge on any atom is 0.257 e. The molecule has 5 heteroatoms. The highest BCUT2D eigenvalue weighted by molar-refractivity contribution is 6.34. The fourth-order valence-electron chi connectivity index (χ4n) is 2.11. The zero-order valence-electron chi connectivity index (χ0n) is 11.0. The SMILES string of the molecule is Cc1ncc2c(n1)NC(=O)C2=Cc1[nH]cc(C)c1C. The summed E-state index contributed by atoms with van der Waals surface area (Å²) >= 11 is 0. The number of hydrogen-bond donors (Lipinski definition) is 2. The number of rotatable bonds is 1. The Morgan fingerprint density at radius 2 is 2.05 bits per heavy atom. The molecule has 1 aliphatic heterocycles.